The number of carbonyl (C=O) groups is 1. The lowest BCUT2D eigenvalue weighted by Crippen LogP contribution is -2.22. The van der Waals surface area contributed by atoms with Crippen molar-refractivity contribution < 1.29 is 9.18 Å². The molecule has 104 valence electrons. The van der Waals surface area contributed by atoms with Crippen LogP contribution in [0.5, 0.6) is 0 Å². The molecule has 0 aliphatic carbocycles. The Morgan fingerprint density at radius 2 is 1.80 bits per heavy atom. The summed E-state index contributed by atoms with van der Waals surface area (Å²) in [4.78, 5) is 11.7. The second-order valence-electron chi connectivity index (χ2n) is 4.43. The van der Waals surface area contributed by atoms with Crippen LogP contribution in [-0.4, -0.2) is 12.5 Å². The maximum Gasteiger partial charge on any atom is 0.243 e. The normalized spacial score (nSPS) is 10.1. The number of amides is 1. The number of benzene rings is 2. The van der Waals surface area contributed by atoms with Gasteiger partial charge in [0.2, 0.25) is 5.91 Å². The molecule has 0 aliphatic heterocycles. The van der Waals surface area contributed by atoms with Gasteiger partial charge in [0.05, 0.1) is 12.2 Å². The lowest BCUT2D eigenvalue weighted by molar-refractivity contribution is -0.114. The number of hydrogen-bond acceptors (Lipinski definition) is 2. The highest BCUT2D eigenvalue weighted by atomic mass is 19.1. The van der Waals surface area contributed by atoms with Crippen molar-refractivity contribution in [1.82, 2.24) is 0 Å². The van der Waals surface area contributed by atoms with E-state index in [4.69, 9.17) is 0 Å². The van der Waals surface area contributed by atoms with Gasteiger partial charge in [-0.3, -0.25) is 4.79 Å². The third-order valence-corrected chi connectivity index (χ3v) is 2.96. The molecule has 4 heteroatoms. The highest BCUT2D eigenvalue weighted by molar-refractivity contribution is 5.93. The standard InChI is InChI=1S/C16H17FN2O/c1-2-12-7-9-13(10-8-12)18-11-16(20)19-15-6-4-3-5-14(15)17/h3-10,18H,2,11H2,1H3,(H,19,20). The van der Waals surface area contributed by atoms with Crippen LogP contribution in [0.25, 0.3) is 0 Å². The molecule has 0 saturated carbocycles. The van der Waals surface area contributed by atoms with Crippen LogP contribution in [0.4, 0.5) is 15.8 Å². The fourth-order valence-corrected chi connectivity index (χ4v) is 1.80. The summed E-state index contributed by atoms with van der Waals surface area (Å²) in [6.45, 7) is 2.18. The summed E-state index contributed by atoms with van der Waals surface area (Å²) in [5, 5.41) is 5.53. The Morgan fingerprint density at radius 1 is 1.10 bits per heavy atom. The summed E-state index contributed by atoms with van der Waals surface area (Å²) in [5.74, 6) is -0.720. The number of nitrogens with one attached hydrogen (secondary N) is 2. The van der Waals surface area contributed by atoms with E-state index in [2.05, 4.69) is 17.6 Å². The summed E-state index contributed by atoms with van der Waals surface area (Å²) in [6.07, 6.45) is 0.980. The van der Waals surface area contributed by atoms with E-state index in [1.54, 1.807) is 12.1 Å². The Morgan fingerprint density at radius 3 is 2.45 bits per heavy atom. The second-order valence-corrected chi connectivity index (χ2v) is 4.43. The number of anilines is 2. The molecule has 0 radical (unpaired) electrons. The molecule has 0 saturated heterocycles. The van der Waals surface area contributed by atoms with Crippen molar-refractivity contribution in [2.24, 2.45) is 0 Å². The summed E-state index contributed by atoms with van der Waals surface area (Å²) in [5.41, 5.74) is 2.30. The molecule has 3 nitrogen and oxygen atoms in total. The van der Waals surface area contributed by atoms with Crippen LogP contribution < -0.4 is 10.6 Å². The molecule has 1 amide bonds. The van der Waals surface area contributed by atoms with Crippen LogP contribution in [-0.2, 0) is 11.2 Å². The predicted molar refractivity (Wildman–Crippen MR) is 79.3 cm³/mol. The van der Waals surface area contributed by atoms with Crippen LogP contribution in [0.2, 0.25) is 0 Å². The van der Waals surface area contributed by atoms with Crippen LogP contribution in [0.3, 0.4) is 0 Å². The maximum atomic E-state index is 13.4. The fraction of sp³-hybridized carbons (Fsp3) is 0.188. The van der Waals surface area contributed by atoms with Gasteiger partial charge >= 0.3 is 0 Å². The molecule has 2 aromatic carbocycles. The summed E-state index contributed by atoms with van der Waals surface area (Å²) in [7, 11) is 0. The highest BCUT2D eigenvalue weighted by Crippen LogP contribution is 2.13. The quantitative estimate of drug-likeness (QED) is 0.875. The molecule has 2 N–H and O–H groups in total. The number of hydrogen-bond donors (Lipinski definition) is 2. The highest BCUT2D eigenvalue weighted by Gasteiger charge is 2.05. The van der Waals surface area contributed by atoms with Gasteiger partial charge in [-0.15, -0.1) is 0 Å². The molecule has 0 fully saturated rings. The van der Waals surface area contributed by atoms with Gasteiger partial charge in [-0.25, -0.2) is 4.39 Å². The van der Waals surface area contributed by atoms with Gasteiger partial charge in [0.1, 0.15) is 5.82 Å². The molecule has 0 aliphatic rings. The van der Waals surface area contributed by atoms with E-state index in [1.807, 2.05) is 24.3 Å². The molecule has 2 aromatic rings. The number of rotatable bonds is 5. The van der Waals surface area contributed by atoms with Crippen molar-refractivity contribution in [3.63, 3.8) is 0 Å². The van der Waals surface area contributed by atoms with E-state index in [9.17, 15) is 9.18 Å². The molecule has 0 spiro atoms. The fourth-order valence-electron chi connectivity index (χ4n) is 1.80. The molecule has 20 heavy (non-hydrogen) atoms. The van der Waals surface area contributed by atoms with Gasteiger partial charge in [-0.05, 0) is 36.2 Å². The summed E-state index contributed by atoms with van der Waals surface area (Å²) < 4.78 is 13.4. The first-order valence-electron chi connectivity index (χ1n) is 6.56. The monoisotopic (exact) mass is 272 g/mol. The zero-order valence-electron chi connectivity index (χ0n) is 11.3. The van der Waals surface area contributed by atoms with Crippen molar-refractivity contribution in [2.75, 3.05) is 17.2 Å². The zero-order valence-corrected chi connectivity index (χ0v) is 11.3. The minimum atomic E-state index is -0.437. The van der Waals surface area contributed by atoms with Gasteiger partial charge in [0.25, 0.3) is 0 Å². The minimum Gasteiger partial charge on any atom is -0.376 e. The average Bonchev–Trinajstić information content (AvgIpc) is 2.48. The first-order chi connectivity index (χ1) is 9.69. The van der Waals surface area contributed by atoms with Gasteiger partial charge in [0.15, 0.2) is 0 Å². The smallest absolute Gasteiger partial charge is 0.243 e. The Bertz CT molecular complexity index is 581. The van der Waals surface area contributed by atoms with E-state index >= 15 is 0 Å². The Kier molecular flexibility index (Phi) is 4.71. The van der Waals surface area contributed by atoms with Crippen molar-refractivity contribution in [3.8, 4) is 0 Å². The van der Waals surface area contributed by atoms with Gasteiger partial charge in [-0.2, -0.15) is 0 Å². The maximum absolute atomic E-state index is 13.4. The number of aryl methyl sites for hydroxylation is 1. The van der Waals surface area contributed by atoms with E-state index in [1.165, 1.54) is 17.7 Å². The average molecular weight is 272 g/mol. The molecule has 0 heterocycles. The van der Waals surface area contributed by atoms with Crippen molar-refractivity contribution in [3.05, 3.63) is 59.9 Å². The second kappa shape index (κ2) is 6.70. The van der Waals surface area contributed by atoms with Crippen LogP contribution in [0.1, 0.15) is 12.5 Å². The number of halogens is 1. The lowest BCUT2D eigenvalue weighted by atomic mass is 10.1. The molecular formula is C16H17FN2O. The molecule has 0 unspecified atom stereocenters. The largest absolute Gasteiger partial charge is 0.376 e. The molecule has 0 aromatic heterocycles. The predicted octanol–water partition coefficient (Wildman–Crippen LogP) is 3.44. The third kappa shape index (κ3) is 3.82. The minimum absolute atomic E-state index is 0.0970. The molecular weight excluding hydrogens is 255 g/mol. The SMILES string of the molecule is CCc1ccc(NCC(=O)Nc2ccccc2F)cc1. The molecule has 0 bridgehead atoms. The van der Waals surface area contributed by atoms with Crippen LogP contribution >= 0.6 is 0 Å². The van der Waals surface area contributed by atoms with Crippen molar-refractivity contribution >= 4 is 17.3 Å². The number of para-hydroxylation sites is 1. The first-order valence-corrected chi connectivity index (χ1v) is 6.56. The van der Waals surface area contributed by atoms with Crippen LogP contribution in [0, 0.1) is 5.82 Å². The zero-order chi connectivity index (χ0) is 14.4. The van der Waals surface area contributed by atoms with Crippen molar-refractivity contribution in [1.29, 1.82) is 0 Å². The Labute approximate surface area is 117 Å². The van der Waals surface area contributed by atoms with E-state index < -0.39 is 5.82 Å². The molecule has 2 rings (SSSR count). The Hall–Kier alpha value is -2.36. The third-order valence-electron chi connectivity index (χ3n) is 2.96. The first kappa shape index (κ1) is 14.1. The summed E-state index contributed by atoms with van der Waals surface area (Å²) in [6, 6.07) is 14.0. The van der Waals surface area contributed by atoms with Gasteiger partial charge in [-0.1, -0.05) is 31.2 Å². The van der Waals surface area contributed by atoms with E-state index in [0.29, 0.717) is 0 Å². The van der Waals surface area contributed by atoms with Gasteiger partial charge < -0.3 is 10.6 Å². The topological polar surface area (TPSA) is 41.1 Å². The van der Waals surface area contributed by atoms with E-state index in [0.717, 1.165) is 12.1 Å². The van der Waals surface area contributed by atoms with Crippen LogP contribution in [0.15, 0.2) is 48.5 Å². The summed E-state index contributed by atoms with van der Waals surface area (Å²) >= 11 is 0. The Balaban J connectivity index is 1.87. The molecule has 0 atom stereocenters. The van der Waals surface area contributed by atoms with Crippen molar-refractivity contribution in [2.45, 2.75) is 13.3 Å². The lowest BCUT2D eigenvalue weighted by Gasteiger charge is -2.08. The van der Waals surface area contributed by atoms with Gasteiger partial charge in [0, 0.05) is 5.69 Å². The number of carbonyl (C=O) groups excluding carboxylic acids is 1. The van der Waals surface area contributed by atoms with E-state index in [-0.39, 0.29) is 18.1 Å².